The highest BCUT2D eigenvalue weighted by Crippen LogP contribution is 2.24. The minimum atomic E-state index is -0.767. The smallest absolute Gasteiger partial charge is 0.261 e. The van der Waals surface area contributed by atoms with E-state index >= 15 is 0 Å². The first-order chi connectivity index (χ1) is 17.3. The molecule has 0 heterocycles. The molecule has 0 aromatic heterocycles. The van der Waals surface area contributed by atoms with Gasteiger partial charge in [0.05, 0.1) is 10.0 Å². The molecule has 1 N–H and O–H groups in total. The first-order valence-corrected chi connectivity index (χ1v) is 12.9. The number of nitrogens with zero attached hydrogens (tertiary/aromatic N) is 1. The topological polar surface area (TPSA) is 58.6 Å². The number of carbonyl (C=O) groups excluding carboxylic acids is 2. The Morgan fingerprint density at radius 1 is 0.917 bits per heavy atom. The van der Waals surface area contributed by atoms with E-state index < -0.39 is 6.04 Å². The summed E-state index contributed by atoms with van der Waals surface area (Å²) in [6.07, 6.45) is 1.11. The van der Waals surface area contributed by atoms with E-state index in [-0.39, 0.29) is 31.0 Å². The fourth-order valence-corrected chi connectivity index (χ4v) is 4.04. The zero-order chi connectivity index (χ0) is 26.1. The third-order valence-electron chi connectivity index (χ3n) is 5.79. The maximum absolute atomic E-state index is 13.6. The summed E-state index contributed by atoms with van der Waals surface area (Å²) in [5.74, 6) is -0.0599. The molecule has 5 nitrogen and oxygen atoms in total. The van der Waals surface area contributed by atoms with Crippen LogP contribution in [0.4, 0.5) is 0 Å². The van der Waals surface area contributed by atoms with Crippen molar-refractivity contribution < 1.29 is 14.3 Å². The highest BCUT2D eigenvalue weighted by atomic mass is 35.5. The standard InChI is InChI=1S/C28H29Cl3N2O3/c1-3-19(2)32-28(35)26(16-20-7-5-4-6-8-20)33(17-21-9-14-24(30)25(31)15-21)27(34)18-36-23-12-10-22(29)11-13-23/h4-15,19,26H,3,16-18H2,1-2H3,(H,32,35)/t19-,26-/m0/s1. The number of carbonyl (C=O) groups is 2. The van der Waals surface area contributed by atoms with E-state index in [1.807, 2.05) is 44.2 Å². The van der Waals surface area contributed by atoms with Gasteiger partial charge in [-0.15, -0.1) is 0 Å². The Hall–Kier alpha value is -2.73. The summed E-state index contributed by atoms with van der Waals surface area (Å²) in [5.41, 5.74) is 1.69. The van der Waals surface area contributed by atoms with Crippen molar-refractivity contribution in [2.24, 2.45) is 0 Å². The molecule has 0 aliphatic heterocycles. The number of benzene rings is 3. The summed E-state index contributed by atoms with van der Waals surface area (Å²) in [6, 6.07) is 20.7. The first-order valence-electron chi connectivity index (χ1n) is 11.7. The molecule has 0 saturated carbocycles. The number of hydrogen-bond donors (Lipinski definition) is 1. The molecule has 3 aromatic carbocycles. The first kappa shape index (κ1) is 27.9. The summed E-state index contributed by atoms with van der Waals surface area (Å²) in [4.78, 5) is 28.6. The van der Waals surface area contributed by atoms with Gasteiger partial charge in [-0.05, 0) is 60.9 Å². The zero-order valence-corrected chi connectivity index (χ0v) is 22.5. The molecule has 0 aliphatic carbocycles. The molecular weight excluding hydrogens is 519 g/mol. The maximum atomic E-state index is 13.6. The number of hydrogen-bond acceptors (Lipinski definition) is 3. The third-order valence-corrected chi connectivity index (χ3v) is 6.78. The molecule has 8 heteroatoms. The van der Waals surface area contributed by atoms with Gasteiger partial charge in [0.15, 0.2) is 6.61 Å². The lowest BCUT2D eigenvalue weighted by molar-refractivity contribution is -0.143. The summed E-state index contributed by atoms with van der Waals surface area (Å²) >= 11 is 18.3. The van der Waals surface area contributed by atoms with Gasteiger partial charge in [-0.1, -0.05) is 78.1 Å². The number of ether oxygens (including phenoxy) is 1. The third kappa shape index (κ3) is 8.16. The highest BCUT2D eigenvalue weighted by molar-refractivity contribution is 6.42. The highest BCUT2D eigenvalue weighted by Gasteiger charge is 2.31. The average Bonchev–Trinajstić information content (AvgIpc) is 2.88. The average molecular weight is 548 g/mol. The van der Waals surface area contributed by atoms with Crippen molar-refractivity contribution in [1.82, 2.24) is 10.2 Å². The van der Waals surface area contributed by atoms with Crippen LogP contribution < -0.4 is 10.1 Å². The lowest BCUT2D eigenvalue weighted by Gasteiger charge is -2.32. The fourth-order valence-electron chi connectivity index (χ4n) is 3.59. The number of nitrogens with one attached hydrogen (secondary N) is 1. The van der Waals surface area contributed by atoms with Crippen molar-refractivity contribution in [3.63, 3.8) is 0 Å². The number of halogens is 3. The van der Waals surface area contributed by atoms with E-state index in [0.717, 1.165) is 17.5 Å². The van der Waals surface area contributed by atoms with Gasteiger partial charge in [0.2, 0.25) is 5.91 Å². The molecule has 0 spiro atoms. The molecule has 2 amide bonds. The van der Waals surface area contributed by atoms with E-state index in [0.29, 0.717) is 27.2 Å². The summed E-state index contributed by atoms with van der Waals surface area (Å²) in [7, 11) is 0. The molecule has 2 atom stereocenters. The second-order valence-corrected chi connectivity index (χ2v) is 9.79. The van der Waals surface area contributed by atoms with Crippen LogP contribution in [0.3, 0.4) is 0 Å². The van der Waals surface area contributed by atoms with Crippen molar-refractivity contribution in [1.29, 1.82) is 0 Å². The van der Waals surface area contributed by atoms with Crippen molar-refractivity contribution >= 4 is 46.6 Å². The van der Waals surface area contributed by atoms with Gasteiger partial charge in [0.1, 0.15) is 11.8 Å². The van der Waals surface area contributed by atoms with Crippen LogP contribution >= 0.6 is 34.8 Å². The number of amides is 2. The molecule has 3 rings (SSSR count). The van der Waals surface area contributed by atoms with Crippen LogP contribution in [-0.2, 0) is 22.6 Å². The lowest BCUT2D eigenvalue weighted by atomic mass is 10.0. The SMILES string of the molecule is CC[C@H](C)NC(=O)[C@H](Cc1ccccc1)N(Cc1ccc(Cl)c(Cl)c1)C(=O)COc1ccc(Cl)cc1. The Balaban J connectivity index is 1.92. The molecule has 36 heavy (non-hydrogen) atoms. The molecule has 0 radical (unpaired) electrons. The van der Waals surface area contributed by atoms with E-state index in [9.17, 15) is 9.59 Å². The summed E-state index contributed by atoms with van der Waals surface area (Å²) in [6.45, 7) is 3.85. The maximum Gasteiger partial charge on any atom is 0.261 e. The molecule has 190 valence electrons. The fraction of sp³-hybridized carbons (Fsp3) is 0.286. The quantitative estimate of drug-likeness (QED) is 0.295. The van der Waals surface area contributed by atoms with E-state index in [1.54, 1.807) is 47.4 Å². The summed E-state index contributed by atoms with van der Waals surface area (Å²) < 4.78 is 5.74. The van der Waals surface area contributed by atoms with Crippen molar-refractivity contribution in [3.05, 3.63) is 99.0 Å². The lowest BCUT2D eigenvalue weighted by Crippen LogP contribution is -2.53. The van der Waals surface area contributed by atoms with Gasteiger partial charge < -0.3 is 15.0 Å². The van der Waals surface area contributed by atoms with E-state index in [1.165, 1.54) is 0 Å². The predicted octanol–water partition coefficient (Wildman–Crippen LogP) is 6.58. The van der Waals surface area contributed by atoms with Crippen LogP contribution in [0.15, 0.2) is 72.8 Å². The molecule has 0 saturated heterocycles. The second-order valence-electron chi connectivity index (χ2n) is 8.54. The summed E-state index contributed by atoms with van der Waals surface area (Å²) in [5, 5.41) is 4.40. The minimum Gasteiger partial charge on any atom is -0.484 e. The van der Waals surface area contributed by atoms with Gasteiger partial charge in [0.25, 0.3) is 5.91 Å². The Labute approximate surface area is 227 Å². The van der Waals surface area contributed by atoms with Crippen LogP contribution in [0.25, 0.3) is 0 Å². The largest absolute Gasteiger partial charge is 0.484 e. The van der Waals surface area contributed by atoms with Crippen LogP contribution in [-0.4, -0.2) is 35.4 Å². The van der Waals surface area contributed by atoms with Crippen LogP contribution in [0, 0.1) is 0 Å². The molecule has 0 fully saturated rings. The predicted molar refractivity (Wildman–Crippen MR) is 146 cm³/mol. The van der Waals surface area contributed by atoms with Crippen molar-refractivity contribution in [2.45, 2.75) is 45.3 Å². The van der Waals surface area contributed by atoms with Crippen LogP contribution in [0.1, 0.15) is 31.4 Å². The molecular formula is C28H29Cl3N2O3. The second kappa shape index (κ2) is 13.5. The normalized spacial score (nSPS) is 12.5. The molecule has 0 bridgehead atoms. The van der Waals surface area contributed by atoms with E-state index in [2.05, 4.69) is 5.32 Å². The van der Waals surface area contributed by atoms with Gasteiger partial charge in [-0.2, -0.15) is 0 Å². The Bertz CT molecular complexity index is 1160. The van der Waals surface area contributed by atoms with Crippen LogP contribution in [0.5, 0.6) is 5.75 Å². The van der Waals surface area contributed by atoms with E-state index in [4.69, 9.17) is 39.5 Å². The van der Waals surface area contributed by atoms with Crippen LogP contribution in [0.2, 0.25) is 15.1 Å². The zero-order valence-electron chi connectivity index (χ0n) is 20.2. The Kier molecular flexibility index (Phi) is 10.5. The van der Waals surface area contributed by atoms with Crippen molar-refractivity contribution in [2.75, 3.05) is 6.61 Å². The Morgan fingerprint density at radius 3 is 2.25 bits per heavy atom. The molecule has 0 unspecified atom stereocenters. The van der Waals surface area contributed by atoms with Gasteiger partial charge >= 0.3 is 0 Å². The number of rotatable bonds is 11. The van der Waals surface area contributed by atoms with Crippen molar-refractivity contribution in [3.8, 4) is 5.75 Å². The van der Waals surface area contributed by atoms with Gasteiger partial charge in [0, 0.05) is 24.0 Å². The molecule has 3 aromatic rings. The van der Waals surface area contributed by atoms with Gasteiger partial charge in [-0.3, -0.25) is 9.59 Å². The Morgan fingerprint density at radius 2 is 1.61 bits per heavy atom. The van der Waals surface area contributed by atoms with Gasteiger partial charge in [-0.25, -0.2) is 0 Å². The molecule has 0 aliphatic rings. The monoisotopic (exact) mass is 546 g/mol. The minimum absolute atomic E-state index is 0.0389.